The summed E-state index contributed by atoms with van der Waals surface area (Å²) in [6.07, 6.45) is 1.29. The van der Waals surface area contributed by atoms with E-state index in [1.165, 1.54) is 0 Å². The molecule has 5 nitrogen and oxygen atoms in total. The summed E-state index contributed by atoms with van der Waals surface area (Å²) in [7, 11) is 0. The molecule has 0 bridgehead atoms. The topological polar surface area (TPSA) is 75.8 Å². The molecule has 1 amide bonds. The number of hydrogen-bond donors (Lipinski definition) is 2. The number of amides is 1. The number of nitrogens with zero attached hydrogens (tertiary/aromatic N) is 1. The van der Waals surface area contributed by atoms with Crippen molar-refractivity contribution in [3.8, 4) is 5.75 Å². The van der Waals surface area contributed by atoms with Crippen molar-refractivity contribution in [1.82, 2.24) is 0 Å². The first kappa shape index (κ1) is 13.5. The molecule has 0 fully saturated rings. The van der Waals surface area contributed by atoms with Crippen molar-refractivity contribution in [3.63, 3.8) is 0 Å². The minimum atomic E-state index is -0.531. The predicted octanol–water partition coefficient (Wildman–Crippen LogP) is 2.66. The van der Waals surface area contributed by atoms with Crippen LogP contribution in [0.5, 0.6) is 5.75 Å². The van der Waals surface area contributed by atoms with Gasteiger partial charge in [-0.1, -0.05) is 0 Å². The van der Waals surface area contributed by atoms with Crippen LogP contribution in [0, 0.1) is 0 Å². The molecule has 2 rings (SSSR count). The second-order valence-corrected chi connectivity index (χ2v) is 5.78. The number of rotatable bonds is 0. The maximum Gasteiger partial charge on any atom is 0.414 e. The van der Waals surface area contributed by atoms with Crippen molar-refractivity contribution in [3.05, 3.63) is 17.7 Å². The van der Waals surface area contributed by atoms with E-state index >= 15 is 0 Å². The number of carbonyl (C=O) groups is 1. The molecule has 1 heterocycles. The van der Waals surface area contributed by atoms with Crippen LogP contribution in [0.3, 0.4) is 0 Å². The number of anilines is 2. The lowest BCUT2D eigenvalue weighted by Gasteiger charge is -2.32. The van der Waals surface area contributed by atoms with E-state index in [-0.39, 0.29) is 17.5 Å². The second-order valence-electron chi connectivity index (χ2n) is 5.78. The van der Waals surface area contributed by atoms with E-state index in [0.717, 1.165) is 24.1 Å². The van der Waals surface area contributed by atoms with Gasteiger partial charge in [-0.05, 0) is 51.3 Å². The van der Waals surface area contributed by atoms with Crippen LogP contribution in [0.4, 0.5) is 16.2 Å². The highest BCUT2D eigenvalue weighted by atomic mass is 16.6. The molecular weight excluding hydrogens is 244 g/mol. The number of hydrogen-bond acceptors (Lipinski definition) is 4. The summed E-state index contributed by atoms with van der Waals surface area (Å²) in [5.41, 5.74) is 7.10. The smallest absolute Gasteiger partial charge is 0.414 e. The number of aryl methyl sites for hydroxylation is 1. The van der Waals surface area contributed by atoms with Crippen LogP contribution in [-0.2, 0) is 11.2 Å². The van der Waals surface area contributed by atoms with E-state index in [2.05, 4.69) is 0 Å². The van der Waals surface area contributed by atoms with Gasteiger partial charge in [0.25, 0.3) is 0 Å². The van der Waals surface area contributed by atoms with Crippen molar-refractivity contribution in [2.75, 3.05) is 17.2 Å². The van der Waals surface area contributed by atoms with Gasteiger partial charge >= 0.3 is 6.09 Å². The maximum atomic E-state index is 12.2. The molecule has 0 radical (unpaired) electrons. The normalized spacial score (nSPS) is 15.0. The van der Waals surface area contributed by atoms with Gasteiger partial charge in [-0.15, -0.1) is 0 Å². The summed E-state index contributed by atoms with van der Waals surface area (Å²) in [4.78, 5) is 13.8. The molecule has 1 aromatic carbocycles. The lowest BCUT2D eigenvalue weighted by molar-refractivity contribution is 0.0578. The molecule has 0 spiro atoms. The number of phenols is 1. The fourth-order valence-corrected chi connectivity index (χ4v) is 2.14. The third-order valence-electron chi connectivity index (χ3n) is 2.96. The Kier molecular flexibility index (Phi) is 3.30. The van der Waals surface area contributed by atoms with E-state index in [9.17, 15) is 9.90 Å². The molecule has 0 saturated heterocycles. The fourth-order valence-electron chi connectivity index (χ4n) is 2.14. The van der Waals surface area contributed by atoms with Gasteiger partial charge < -0.3 is 15.6 Å². The Bertz CT molecular complexity index is 506. The zero-order valence-electron chi connectivity index (χ0n) is 11.6. The summed E-state index contributed by atoms with van der Waals surface area (Å²) in [5, 5.41) is 9.63. The molecule has 1 aliphatic heterocycles. The Morgan fingerprint density at radius 1 is 1.42 bits per heavy atom. The summed E-state index contributed by atoms with van der Waals surface area (Å²) in [6.45, 7) is 6.11. The van der Waals surface area contributed by atoms with Gasteiger partial charge in [0, 0.05) is 6.54 Å². The molecule has 0 saturated carbocycles. The quantitative estimate of drug-likeness (QED) is 0.558. The van der Waals surface area contributed by atoms with Crippen LogP contribution in [0.2, 0.25) is 0 Å². The Morgan fingerprint density at radius 3 is 2.74 bits per heavy atom. The number of carbonyl (C=O) groups excluding carboxylic acids is 1. The zero-order chi connectivity index (χ0) is 14.2. The molecule has 3 N–H and O–H groups in total. The van der Waals surface area contributed by atoms with Crippen molar-refractivity contribution >= 4 is 17.5 Å². The molecule has 0 atom stereocenters. The van der Waals surface area contributed by atoms with Crippen LogP contribution in [0.1, 0.15) is 32.8 Å². The third kappa shape index (κ3) is 2.92. The van der Waals surface area contributed by atoms with Crippen molar-refractivity contribution in [1.29, 1.82) is 0 Å². The number of ether oxygens (including phenoxy) is 1. The van der Waals surface area contributed by atoms with Crippen LogP contribution in [0.15, 0.2) is 12.1 Å². The highest BCUT2D eigenvalue weighted by molar-refractivity contribution is 5.90. The number of fused-ring (bicyclic) bond motifs is 1. The summed E-state index contributed by atoms with van der Waals surface area (Å²) in [5.74, 6) is 0.0600. The van der Waals surface area contributed by atoms with Crippen LogP contribution in [0.25, 0.3) is 0 Å². The SMILES string of the molecule is CC(C)(C)OC(=O)N1CCCc2cc(O)c(N)cc21. The average Bonchev–Trinajstić information content (AvgIpc) is 2.27. The first-order valence-corrected chi connectivity index (χ1v) is 6.40. The minimum absolute atomic E-state index is 0.0600. The summed E-state index contributed by atoms with van der Waals surface area (Å²) < 4.78 is 5.39. The maximum absolute atomic E-state index is 12.2. The molecule has 0 unspecified atom stereocenters. The van der Waals surface area contributed by atoms with Gasteiger partial charge in [0.15, 0.2) is 0 Å². The van der Waals surface area contributed by atoms with E-state index in [1.807, 2.05) is 20.8 Å². The van der Waals surface area contributed by atoms with E-state index in [4.69, 9.17) is 10.5 Å². The average molecular weight is 264 g/mol. The minimum Gasteiger partial charge on any atom is -0.506 e. The standard InChI is InChI=1S/C14H20N2O3/c1-14(2,3)19-13(18)16-6-4-5-9-7-12(17)10(15)8-11(9)16/h7-8,17H,4-6,15H2,1-3H3. The van der Waals surface area contributed by atoms with E-state index in [0.29, 0.717) is 6.54 Å². The number of aromatic hydroxyl groups is 1. The van der Waals surface area contributed by atoms with Crippen molar-refractivity contribution < 1.29 is 14.6 Å². The Morgan fingerprint density at radius 2 is 2.11 bits per heavy atom. The largest absolute Gasteiger partial charge is 0.506 e. The highest BCUT2D eigenvalue weighted by Gasteiger charge is 2.27. The first-order valence-electron chi connectivity index (χ1n) is 6.40. The monoisotopic (exact) mass is 264 g/mol. The molecule has 5 heteroatoms. The van der Waals surface area contributed by atoms with E-state index < -0.39 is 5.60 Å². The number of nitrogen functional groups attached to an aromatic ring is 1. The second kappa shape index (κ2) is 4.64. The number of nitrogens with two attached hydrogens (primary N) is 1. The van der Waals surface area contributed by atoms with Crippen molar-refractivity contribution in [2.45, 2.75) is 39.2 Å². The van der Waals surface area contributed by atoms with Gasteiger partial charge in [-0.2, -0.15) is 0 Å². The molecule has 0 aliphatic carbocycles. The molecular formula is C14H20N2O3. The first-order chi connectivity index (χ1) is 8.78. The fraction of sp³-hybridized carbons (Fsp3) is 0.500. The van der Waals surface area contributed by atoms with Gasteiger partial charge in [-0.3, -0.25) is 4.90 Å². The predicted molar refractivity (Wildman–Crippen MR) is 74.4 cm³/mol. The summed E-state index contributed by atoms with van der Waals surface area (Å²) >= 11 is 0. The summed E-state index contributed by atoms with van der Waals surface area (Å²) in [6, 6.07) is 3.26. The van der Waals surface area contributed by atoms with Crippen molar-refractivity contribution in [2.24, 2.45) is 0 Å². The Hall–Kier alpha value is -1.91. The van der Waals surface area contributed by atoms with Crippen LogP contribution in [-0.4, -0.2) is 23.3 Å². The molecule has 1 aromatic rings. The molecule has 104 valence electrons. The number of phenolic OH excluding ortho intramolecular Hbond substituents is 1. The van der Waals surface area contributed by atoms with Gasteiger partial charge in [0.1, 0.15) is 11.4 Å². The van der Waals surface area contributed by atoms with Crippen LogP contribution < -0.4 is 10.6 Å². The zero-order valence-corrected chi connectivity index (χ0v) is 11.6. The van der Waals surface area contributed by atoms with Gasteiger partial charge in [-0.25, -0.2) is 4.79 Å². The Balaban J connectivity index is 2.32. The highest BCUT2D eigenvalue weighted by Crippen LogP contribution is 2.35. The molecule has 19 heavy (non-hydrogen) atoms. The number of benzene rings is 1. The lowest BCUT2D eigenvalue weighted by atomic mass is 10.0. The third-order valence-corrected chi connectivity index (χ3v) is 2.96. The van der Waals surface area contributed by atoms with E-state index in [1.54, 1.807) is 17.0 Å². The molecule has 0 aromatic heterocycles. The lowest BCUT2D eigenvalue weighted by Crippen LogP contribution is -2.39. The van der Waals surface area contributed by atoms with Crippen LogP contribution >= 0.6 is 0 Å². The van der Waals surface area contributed by atoms with Gasteiger partial charge in [0.05, 0.1) is 11.4 Å². The van der Waals surface area contributed by atoms with Gasteiger partial charge in [0.2, 0.25) is 0 Å². The molecule has 1 aliphatic rings. The Labute approximate surface area is 113 Å².